The summed E-state index contributed by atoms with van der Waals surface area (Å²) in [5.74, 6) is 0.285. The normalized spacial score (nSPS) is 21.8. The van der Waals surface area contributed by atoms with Gasteiger partial charge in [-0.05, 0) is 38.3 Å². The SMILES string of the molecule is CC(N)C1CCCCN1C(=O)CCN1CCN(c2ccccc2)CC1.Cl.Cl. The number of piperazine rings is 1. The van der Waals surface area contributed by atoms with Crippen LogP contribution in [0.5, 0.6) is 0 Å². The van der Waals surface area contributed by atoms with Gasteiger partial charge < -0.3 is 15.5 Å². The number of rotatable bonds is 5. The summed E-state index contributed by atoms with van der Waals surface area (Å²) < 4.78 is 0. The lowest BCUT2D eigenvalue weighted by atomic mass is 9.96. The van der Waals surface area contributed by atoms with E-state index >= 15 is 0 Å². The second-order valence-corrected chi connectivity index (χ2v) is 7.42. The van der Waals surface area contributed by atoms with Crippen LogP contribution in [0.2, 0.25) is 0 Å². The molecule has 3 rings (SSSR count). The van der Waals surface area contributed by atoms with Crippen molar-refractivity contribution in [1.29, 1.82) is 0 Å². The number of nitrogens with two attached hydrogens (primary N) is 1. The zero-order valence-electron chi connectivity index (χ0n) is 16.3. The van der Waals surface area contributed by atoms with E-state index in [1.54, 1.807) is 0 Å². The van der Waals surface area contributed by atoms with Gasteiger partial charge in [-0.1, -0.05) is 18.2 Å². The predicted octanol–water partition coefficient (Wildman–Crippen LogP) is 2.77. The number of nitrogens with zero attached hydrogens (tertiary/aromatic N) is 3. The Labute approximate surface area is 176 Å². The minimum Gasteiger partial charge on any atom is -0.369 e. The largest absolute Gasteiger partial charge is 0.369 e. The van der Waals surface area contributed by atoms with Crippen LogP contribution in [-0.2, 0) is 4.79 Å². The van der Waals surface area contributed by atoms with Crippen molar-refractivity contribution in [3.8, 4) is 0 Å². The molecule has 2 aliphatic rings. The Morgan fingerprint density at radius 1 is 1.07 bits per heavy atom. The van der Waals surface area contributed by atoms with Crippen molar-refractivity contribution in [2.45, 2.75) is 44.7 Å². The fourth-order valence-corrected chi connectivity index (χ4v) is 4.08. The Bertz CT molecular complexity index is 550. The average Bonchev–Trinajstić information content (AvgIpc) is 2.67. The van der Waals surface area contributed by atoms with Crippen molar-refractivity contribution in [2.24, 2.45) is 5.73 Å². The van der Waals surface area contributed by atoms with E-state index in [4.69, 9.17) is 5.73 Å². The molecule has 2 aliphatic heterocycles. The summed E-state index contributed by atoms with van der Waals surface area (Å²) in [5.41, 5.74) is 7.39. The Morgan fingerprint density at radius 3 is 2.37 bits per heavy atom. The maximum absolute atomic E-state index is 12.7. The number of carbonyl (C=O) groups excluding carboxylic acids is 1. The van der Waals surface area contributed by atoms with E-state index in [-0.39, 0.29) is 42.8 Å². The number of anilines is 1. The summed E-state index contributed by atoms with van der Waals surface area (Å²) in [7, 11) is 0. The number of hydrogen-bond acceptors (Lipinski definition) is 4. The van der Waals surface area contributed by atoms with Crippen LogP contribution >= 0.6 is 24.8 Å². The van der Waals surface area contributed by atoms with Gasteiger partial charge in [0.25, 0.3) is 0 Å². The molecule has 27 heavy (non-hydrogen) atoms. The third-order valence-corrected chi connectivity index (χ3v) is 5.61. The highest BCUT2D eigenvalue weighted by atomic mass is 35.5. The summed E-state index contributed by atoms with van der Waals surface area (Å²) in [5, 5.41) is 0. The van der Waals surface area contributed by atoms with Crippen molar-refractivity contribution in [3.05, 3.63) is 30.3 Å². The molecule has 2 atom stereocenters. The molecule has 0 aromatic heterocycles. The first-order valence-electron chi connectivity index (χ1n) is 9.72. The van der Waals surface area contributed by atoms with E-state index in [9.17, 15) is 4.79 Å². The first-order chi connectivity index (χ1) is 12.1. The van der Waals surface area contributed by atoms with Gasteiger partial charge in [-0.15, -0.1) is 24.8 Å². The molecule has 2 saturated heterocycles. The van der Waals surface area contributed by atoms with E-state index in [1.807, 2.05) is 11.8 Å². The highest BCUT2D eigenvalue weighted by Gasteiger charge is 2.29. The summed E-state index contributed by atoms with van der Waals surface area (Å²) >= 11 is 0. The van der Waals surface area contributed by atoms with Gasteiger partial charge in [-0.25, -0.2) is 0 Å². The van der Waals surface area contributed by atoms with Crippen molar-refractivity contribution < 1.29 is 4.79 Å². The number of carbonyl (C=O) groups is 1. The Morgan fingerprint density at radius 2 is 1.74 bits per heavy atom. The molecule has 0 bridgehead atoms. The fourth-order valence-electron chi connectivity index (χ4n) is 4.08. The molecule has 5 nitrogen and oxygen atoms in total. The molecule has 154 valence electrons. The smallest absolute Gasteiger partial charge is 0.224 e. The van der Waals surface area contributed by atoms with Crippen molar-refractivity contribution in [1.82, 2.24) is 9.80 Å². The lowest BCUT2D eigenvalue weighted by Gasteiger charge is -2.39. The van der Waals surface area contributed by atoms with Crippen LogP contribution in [0.1, 0.15) is 32.6 Å². The first kappa shape index (κ1) is 24.0. The van der Waals surface area contributed by atoms with Crippen molar-refractivity contribution in [2.75, 3.05) is 44.2 Å². The van der Waals surface area contributed by atoms with E-state index in [0.717, 1.165) is 52.1 Å². The van der Waals surface area contributed by atoms with Crippen molar-refractivity contribution >= 4 is 36.4 Å². The van der Waals surface area contributed by atoms with Crippen LogP contribution in [-0.4, -0.2) is 67.1 Å². The molecule has 7 heteroatoms. The number of likely N-dealkylation sites (tertiary alicyclic amines) is 1. The molecule has 2 fully saturated rings. The molecule has 0 spiro atoms. The fraction of sp³-hybridized carbons (Fsp3) is 0.650. The molecular formula is C20H34Cl2N4O. The monoisotopic (exact) mass is 416 g/mol. The number of benzene rings is 1. The number of amides is 1. The second kappa shape index (κ2) is 11.7. The van der Waals surface area contributed by atoms with Crippen molar-refractivity contribution in [3.63, 3.8) is 0 Å². The summed E-state index contributed by atoms with van der Waals surface area (Å²) in [4.78, 5) is 19.6. The lowest BCUT2D eigenvalue weighted by Crippen LogP contribution is -2.52. The van der Waals surface area contributed by atoms with Crippen LogP contribution in [0, 0.1) is 0 Å². The van der Waals surface area contributed by atoms with Crippen LogP contribution < -0.4 is 10.6 Å². The molecule has 2 unspecified atom stereocenters. The van der Waals surface area contributed by atoms with E-state index in [0.29, 0.717) is 6.42 Å². The van der Waals surface area contributed by atoms with Gasteiger partial charge in [0.15, 0.2) is 0 Å². The zero-order chi connectivity index (χ0) is 17.6. The molecule has 0 saturated carbocycles. The van der Waals surface area contributed by atoms with Gasteiger partial charge in [0.1, 0.15) is 0 Å². The van der Waals surface area contributed by atoms with Gasteiger partial charge in [-0.2, -0.15) is 0 Å². The van der Waals surface area contributed by atoms with E-state index in [1.165, 1.54) is 12.1 Å². The number of hydrogen-bond donors (Lipinski definition) is 1. The Kier molecular flexibility index (Phi) is 10.5. The Balaban J connectivity index is 0.00000182. The second-order valence-electron chi connectivity index (χ2n) is 7.42. The van der Waals surface area contributed by atoms with Crippen LogP contribution in [0.15, 0.2) is 30.3 Å². The van der Waals surface area contributed by atoms with Gasteiger partial charge in [0.05, 0.1) is 0 Å². The van der Waals surface area contributed by atoms with Gasteiger partial charge in [-0.3, -0.25) is 9.69 Å². The molecule has 2 heterocycles. The minimum atomic E-state index is 0. The number of para-hydroxylation sites is 1. The molecule has 1 aromatic rings. The van der Waals surface area contributed by atoms with Crippen LogP contribution in [0.4, 0.5) is 5.69 Å². The molecule has 0 aliphatic carbocycles. The first-order valence-corrected chi connectivity index (χ1v) is 9.72. The van der Waals surface area contributed by atoms with Gasteiger partial charge >= 0.3 is 0 Å². The summed E-state index contributed by atoms with van der Waals surface area (Å²) in [6.07, 6.45) is 3.98. The van der Waals surface area contributed by atoms with E-state index < -0.39 is 0 Å². The van der Waals surface area contributed by atoms with Crippen LogP contribution in [0.25, 0.3) is 0 Å². The molecule has 0 radical (unpaired) electrons. The topological polar surface area (TPSA) is 52.8 Å². The highest BCUT2D eigenvalue weighted by Crippen LogP contribution is 2.20. The number of halogens is 2. The van der Waals surface area contributed by atoms with Gasteiger partial charge in [0, 0.05) is 63.5 Å². The lowest BCUT2D eigenvalue weighted by molar-refractivity contribution is -0.135. The molecule has 1 aromatic carbocycles. The predicted molar refractivity (Wildman–Crippen MR) is 117 cm³/mol. The third kappa shape index (κ3) is 6.53. The molecular weight excluding hydrogens is 383 g/mol. The minimum absolute atomic E-state index is 0. The quantitative estimate of drug-likeness (QED) is 0.801. The van der Waals surface area contributed by atoms with E-state index in [2.05, 4.69) is 40.1 Å². The molecule has 2 N–H and O–H groups in total. The van der Waals surface area contributed by atoms with Crippen LogP contribution in [0.3, 0.4) is 0 Å². The average molecular weight is 417 g/mol. The number of piperidine rings is 1. The summed E-state index contributed by atoms with van der Waals surface area (Å²) in [6.45, 7) is 7.89. The Hall–Kier alpha value is -1.01. The molecule has 1 amide bonds. The highest BCUT2D eigenvalue weighted by molar-refractivity contribution is 5.85. The zero-order valence-corrected chi connectivity index (χ0v) is 17.9. The third-order valence-electron chi connectivity index (χ3n) is 5.61. The van der Waals surface area contributed by atoms with Gasteiger partial charge in [0.2, 0.25) is 5.91 Å². The maximum atomic E-state index is 12.7. The summed E-state index contributed by atoms with van der Waals surface area (Å²) in [6, 6.07) is 10.9. The standard InChI is InChI=1S/C20H32N4O.2ClH/c1-17(21)19-9-5-6-11-24(19)20(25)10-12-22-13-15-23(16-14-22)18-7-3-2-4-8-18;;/h2-4,7-8,17,19H,5-6,9-16,21H2,1H3;2*1H. The maximum Gasteiger partial charge on any atom is 0.224 e.